The van der Waals surface area contributed by atoms with Crippen molar-refractivity contribution in [3.05, 3.63) is 52.7 Å². The third kappa shape index (κ3) is 3.46. The molecular weight excluding hydrogens is 260 g/mol. The fraction of sp³-hybridized carbons (Fsp3) is 0.267. The molecule has 1 heterocycles. The zero-order valence-electron chi connectivity index (χ0n) is 10.9. The van der Waals surface area contributed by atoms with Crippen molar-refractivity contribution >= 4 is 11.6 Å². The summed E-state index contributed by atoms with van der Waals surface area (Å²) in [5, 5.41) is 0.762. The van der Waals surface area contributed by atoms with Gasteiger partial charge in [0.15, 0.2) is 0 Å². The lowest BCUT2D eigenvalue weighted by molar-refractivity contribution is 0.455. The van der Waals surface area contributed by atoms with Crippen molar-refractivity contribution in [2.24, 2.45) is 5.73 Å². The molecule has 19 heavy (non-hydrogen) atoms. The Bertz CT molecular complexity index is 558. The summed E-state index contributed by atoms with van der Waals surface area (Å²) in [4.78, 5) is 4.26. The van der Waals surface area contributed by atoms with E-state index in [0.29, 0.717) is 12.4 Å². The van der Waals surface area contributed by atoms with Gasteiger partial charge in [0.25, 0.3) is 0 Å². The third-order valence-electron chi connectivity index (χ3n) is 2.88. The molecule has 0 aliphatic carbocycles. The summed E-state index contributed by atoms with van der Waals surface area (Å²) in [6.07, 6.45) is 3.33. The van der Waals surface area contributed by atoms with Gasteiger partial charge in [0.2, 0.25) is 5.88 Å². The summed E-state index contributed by atoms with van der Waals surface area (Å²) < 4.78 is 5.83. The first-order chi connectivity index (χ1) is 9.24. The monoisotopic (exact) mass is 276 g/mol. The molecule has 100 valence electrons. The molecule has 0 aliphatic heterocycles. The van der Waals surface area contributed by atoms with Crippen LogP contribution in [-0.2, 0) is 12.8 Å². The van der Waals surface area contributed by atoms with Crippen LogP contribution in [0.3, 0.4) is 0 Å². The molecule has 1 aromatic carbocycles. The van der Waals surface area contributed by atoms with Crippen LogP contribution in [0.2, 0.25) is 5.02 Å². The Balaban J connectivity index is 2.26. The number of aryl methyl sites for hydroxylation is 1. The predicted molar refractivity (Wildman–Crippen MR) is 77.9 cm³/mol. The Morgan fingerprint density at radius 3 is 2.84 bits per heavy atom. The van der Waals surface area contributed by atoms with Gasteiger partial charge in [-0.1, -0.05) is 24.6 Å². The van der Waals surface area contributed by atoms with Gasteiger partial charge in [-0.3, -0.25) is 0 Å². The molecule has 0 unspecified atom stereocenters. The molecule has 2 aromatic rings. The van der Waals surface area contributed by atoms with Crippen molar-refractivity contribution < 1.29 is 4.74 Å². The van der Waals surface area contributed by atoms with Crippen LogP contribution >= 0.6 is 11.6 Å². The summed E-state index contributed by atoms with van der Waals surface area (Å²) >= 11 is 6.09. The number of pyridine rings is 1. The summed E-state index contributed by atoms with van der Waals surface area (Å²) in [6.45, 7) is 2.63. The van der Waals surface area contributed by atoms with Gasteiger partial charge in [-0.05, 0) is 49.2 Å². The number of benzene rings is 1. The number of ether oxygens (including phenoxy) is 1. The van der Waals surface area contributed by atoms with Crippen molar-refractivity contribution in [1.82, 2.24) is 4.98 Å². The second-order valence-corrected chi connectivity index (χ2v) is 4.62. The molecule has 0 aliphatic rings. The molecule has 4 heteroatoms. The second-order valence-electron chi connectivity index (χ2n) is 4.22. The fourth-order valence-corrected chi connectivity index (χ4v) is 2.11. The van der Waals surface area contributed by atoms with E-state index in [1.165, 1.54) is 0 Å². The number of nitrogens with zero attached hydrogens (tertiary/aromatic N) is 1. The van der Waals surface area contributed by atoms with Crippen LogP contribution in [0.5, 0.6) is 11.6 Å². The van der Waals surface area contributed by atoms with E-state index in [2.05, 4.69) is 11.9 Å². The van der Waals surface area contributed by atoms with Gasteiger partial charge in [0, 0.05) is 16.8 Å². The Morgan fingerprint density at radius 1 is 1.26 bits per heavy atom. The number of halogens is 1. The number of hydrogen-bond donors (Lipinski definition) is 1. The molecule has 0 radical (unpaired) electrons. The average Bonchev–Trinajstić information content (AvgIpc) is 2.43. The highest BCUT2D eigenvalue weighted by Gasteiger charge is 2.07. The van der Waals surface area contributed by atoms with Crippen molar-refractivity contribution in [2.75, 3.05) is 6.54 Å². The molecule has 1 aromatic heterocycles. The molecular formula is C15H17ClN2O. The third-order valence-corrected chi connectivity index (χ3v) is 3.24. The van der Waals surface area contributed by atoms with Crippen LogP contribution in [0.25, 0.3) is 0 Å². The standard InChI is InChI=1S/C15H17ClN2O/c1-2-11-10-13(5-6-14(11)16)19-15-12(7-8-17)4-3-9-18-15/h3-6,9-10H,2,7-8,17H2,1H3. The molecule has 0 amide bonds. The van der Waals surface area contributed by atoms with Gasteiger partial charge >= 0.3 is 0 Å². The molecule has 0 saturated carbocycles. The van der Waals surface area contributed by atoms with Crippen molar-refractivity contribution in [2.45, 2.75) is 19.8 Å². The van der Waals surface area contributed by atoms with E-state index in [1.54, 1.807) is 6.20 Å². The topological polar surface area (TPSA) is 48.1 Å². The van der Waals surface area contributed by atoms with E-state index in [1.807, 2.05) is 30.3 Å². The maximum atomic E-state index is 6.09. The molecule has 2 rings (SSSR count). The Morgan fingerprint density at radius 2 is 2.11 bits per heavy atom. The van der Waals surface area contributed by atoms with Crippen LogP contribution in [0.15, 0.2) is 36.5 Å². The average molecular weight is 277 g/mol. The highest BCUT2D eigenvalue weighted by molar-refractivity contribution is 6.31. The van der Waals surface area contributed by atoms with Crippen molar-refractivity contribution in [3.63, 3.8) is 0 Å². The molecule has 0 bridgehead atoms. The Kier molecular flexibility index (Phi) is 4.77. The normalized spacial score (nSPS) is 10.5. The number of nitrogens with two attached hydrogens (primary N) is 1. The van der Waals surface area contributed by atoms with Gasteiger partial charge < -0.3 is 10.5 Å². The first-order valence-electron chi connectivity index (χ1n) is 6.34. The SMILES string of the molecule is CCc1cc(Oc2ncccc2CCN)ccc1Cl. The first kappa shape index (κ1) is 13.8. The maximum absolute atomic E-state index is 6.09. The van der Waals surface area contributed by atoms with E-state index >= 15 is 0 Å². The number of aromatic nitrogens is 1. The lowest BCUT2D eigenvalue weighted by Gasteiger charge is -2.10. The maximum Gasteiger partial charge on any atom is 0.222 e. The summed E-state index contributed by atoms with van der Waals surface area (Å²) in [7, 11) is 0. The molecule has 0 fully saturated rings. The van der Waals surface area contributed by atoms with E-state index in [9.17, 15) is 0 Å². The minimum absolute atomic E-state index is 0.572. The molecule has 0 atom stereocenters. The zero-order chi connectivity index (χ0) is 13.7. The van der Waals surface area contributed by atoms with Crippen LogP contribution in [0, 0.1) is 0 Å². The van der Waals surface area contributed by atoms with Gasteiger partial charge in [0.1, 0.15) is 5.75 Å². The number of hydrogen-bond acceptors (Lipinski definition) is 3. The Labute approximate surface area is 118 Å². The minimum atomic E-state index is 0.572. The summed E-state index contributed by atoms with van der Waals surface area (Å²) in [5.41, 5.74) is 7.66. The highest BCUT2D eigenvalue weighted by Crippen LogP contribution is 2.27. The Hall–Kier alpha value is -1.58. The van der Waals surface area contributed by atoms with E-state index < -0.39 is 0 Å². The van der Waals surface area contributed by atoms with Crippen LogP contribution in [0.1, 0.15) is 18.1 Å². The largest absolute Gasteiger partial charge is 0.439 e. The fourth-order valence-electron chi connectivity index (χ4n) is 1.86. The minimum Gasteiger partial charge on any atom is -0.439 e. The smallest absolute Gasteiger partial charge is 0.222 e. The van der Waals surface area contributed by atoms with Crippen LogP contribution in [-0.4, -0.2) is 11.5 Å². The molecule has 3 nitrogen and oxygen atoms in total. The first-order valence-corrected chi connectivity index (χ1v) is 6.72. The summed E-state index contributed by atoms with van der Waals surface area (Å²) in [5.74, 6) is 1.36. The number of rotatable bonds is 5. The van der Waals surface area contributed by atoms with Crippen LogP contribution in [0.4, 0.5) is 0 Å². The van der Waals surface area contributed by atoms with Gasteiger partial charge in [-0.2, -0.15) is 0 Å². The molecule has 0 spiro atoms. The van der Waals surface area contributed by atoms with E-state index in [0.717, 1.165) is 34.7 Å². The van der Waals surface area contributed by atoms with Crippen LogP contribution < -0.4 is 10.5 Å². The summed E-state index contributed by atoms with van der Waals surface area (Å²) in [6, 6.07) is 9.51. The second kappa shape index (κ2) is 6.55. The van der Waals surface area contributed by atoms with Crippen molar-refractivity contribution in [3.8, 4) is 11.6 Å². The zero-order valence-corrected chi connectivity index (χ0v) is 11.7. The molecule has 2 N–H and O–H groups in total. The van der Waals surface area contributed by atoms with Crippen molar-refractivity contribution in [1.29, 1.82) is 0 Å². The molecule has 0 saturated heterocycles. The van der Waals surface area contributed by atoms with Gasteiger partial charge in [0.05, 0.1) is 0 Å². The van der Waals surface area contributed by atoms with Gasteiger partial charge in [-0.25, -0.2) is 4.98 Å². The van der Waals surface area contributed by atoms with E-state index in [4.69, 9.17) is 22.1 Å². The van der Waals surface area contributed by atoms with E-state index in [-0.39, 0.29) is 0 Å². The quantitative estimate of drug-likeness (QED) is 0.908. The lowest BCUT2D eigenvalue weighted by Crippen LogP contribution is -2.04. The highest BCUT2D eigenvalue weighted by atomic mass is 35.5. The van der Waals surface area contributed by atoms with Gasteiger partial charge in [-0.15, -0.1) is 0 Å². The predicted octanol–water partition coefficient (Wildman–Crippen LogP) is 3.59. The lowest BCUT2D eigenvalue weighted by atomic mass is 10.1.